The molecule has 20 heavy (non-hydrogen) atoms. The van der Waals surface area contributed by atoms with Crippen LogP contribution in [0.4, 0.5) is 5.82 Å². The molecule has 0 unspecified atom stereocenters. The van der Waals surface area contributed by atoms with E-state index < -0.39 is 10.0 Å². The molecular weight excluding hydrogens is 302 g/mol. The van der Waals surface area contributed by atoms with Crippen LogP contribution < -0.4 is 5.32 Å². The lowest BCUT2D eigenvalue weighted by molar-refractivity contribution is 0.0604. The Morgan fingerprint density at radius 2 is 2.10 bits per heavy atom. The molecule has 0 spiro atoms. The lowest BCUT2D eigenvalue weighted by atomic mass is 10.1. The molecule has 6 nitrogen and oxygen atoms in total. The predicted octanol–water partition coefficient (Wildman–Crippen LogP) is 1.58. The highest BCUT2D eigenvalue weighted by Gasteiger charge is 2.30. The number of nitrogens with one attached hydrogen (secondary N) is 1. The van der Waals surface area contributed by atoms with Crippen LogP contribution in [0.5, 0.6) is 0 Å². The zero-order chi connectivity index (χ0) is 14.8. The summed E-state index contributed by atoms with van der Waals surface area (Å²) in [5.74, 6) is 0.462. The summed E-state index contributed by atoms with van der Waals surface area (Å²) in [6, 6.07) is 1.43. The van der Waals surface area contributed by atoms with Gasteiger partial charge in [-0.1, -0.05) is 11.6 Å². The van der Waals surface area contributed by atoms with E-state index in [9.17, 15) is 8.42 Å². The molecule has 2 heterocycles. The molecule has 1 fully saturated rings. The van der Waals surface area contributed by atoms with Crippen LogP contribution in [0.15, 0.2) is 17.2 Å². The summed E-state index contributed by atoms with van der Waals surface area (Å²) < 4.78 is 31.7. The maximum absolute atomic E-state index is 12.5. The Hall–Kier alpha value is -0.890. The normalized spacial score (nSPS) is 18.1. The summed E-state index contributed by atoms with van der Waals surface area (Å²) in [7, 11) is -0.212. The molecule has 1 aromatic rings. The minimum Gasteiger partial charge on any atom is -0.381 e. The van der Waals surface area contributed by atoms with Gasteiger partial charge in [-0.3, -0.25) is 0 Å². The third kappa shape index (κ3) is 3.06. The molecule has 0 saturated carbocycles. The van der Waals surface area contributed by atoms with Crippen LogP contribution in [0.3, 0.4) is 0 Å². The Morgan fingerprint density at radius 3 is 2.60 bits per heavy atom. The van der Waals surface area contributed by atoms with E-state index in [1.807, 2.05) is 0 Å². The summed E-state index contributed by atoms with van der Waals surface area (Å²) in [5.41, 5.74) is 0. The van der Waals surface area contributed by atoms with Crippen molar-refractivity contribution in [3.05, 3.63) is 17.3 Å². The zero-order valence-corrected chi connectivity index (χ0v) is 13.0. The van der Waals surface area contributed by atoms with Crippen molar-refractivity contribution in [3.8, 4) is 0 Å². The second kappa shape index (κ2) is 6.26. The molecule has 0 radical (unpaired) electrons. The Kier molecular flexibility index (Phi) is 4.85. The molecular formula is C12H18ClN3O3S. The summed E-state index contributed by atoms with van der Waals surface area (Å²) in [6.45, 7) is 0.901. The van der Waals surface area contributed by atoms with E-state index in [-0.39, 0.29) is 11.0 Å². The topological polar surface area (TPSA) is 71.5 Å². The van der Waals surface area contributed by atoms with E-state index in [0.29, 0.717) is 36.8 Å². The first-order chi connectivity index (χ1) is 9.48. The summed E-state index contributed by atoms with van der Waals surface area (Å²) >= 11 is 5.99. The number of ether oxygens (including phenoxy) is 1. The molecule has 1 N–H and O–H groups in total. The number of rotatable bonds is 4. The third-order valence-corrected chi connectivity index (χ3v) is 5.58. The average molecular weight is 320 g/mol. The van der Waals surface area contributed by atoms with Crippen molar-refractivity contribution in [1.29, 1.82) is 0 Å². The van der Waals surface area contributed by atoms with Gasteiger partial charge in [0.25, 0.3) is 0 Å². The molecule has 0 bridgehead atoms. The fourth-order valence-corrected chi connectivity index (χ4v) is 3.97. The van der Waals surface area contributed by atoms with E-state index in [4.69, 9.17) is 16.3 Å². The number of hydrogen-bond donors (Lipinski definition) is 1. The van der Waals surface area contributed by atoms with Gasteiger partial charge in [-0.15, -0.1) is 0 Å². The molecule has 1 saturated heterocycles. The Bertz CT molecular complexity index is 571. The van der Waals surface area contributed by atoms with Gasteiger partial charge in [-0.25, -0.2) is 13.4 Å². The van der Waals surface area contributed by atoms with E-state index in [1.54, 1.807) is 14.2 Å². The SMILES string of the molecule is CNc1ncc(S(=O)(=O)N2CCC(OC)CC2)cc1Cl. The van der Waals surface area contributed by atoms with Crippen molar-refractivity contribution in [1.82, 2.24) is 9.29 Å². The zero-order valence-electron chi connectivity index (χ0n) is 11.5. The highest BCUT2D eigenvalue weighted by atomic mass is 35.5. The van der Waals surface area contributed by atoms with Crippen LogP contribution >= 0.6 is 11.6 Å². The number of aromatic nitrogens is 1. The standard InChI is InChI=1S/C12H18ClN3O3S/c1-14-12-11(13)7-10(8-15-12)20(17,18)16-5-3-9(19-2)4-6-16/h7-9H,3-6H2,1-2H3,(H,14,15). The van der Waals surface area contributed by atoms with Gasteiger partial charge in [0.2, 0.25) is 10.0 Å². The maximum Gasteiger partial charge on any atom is 0.244 e. The van der Waals surface area contributed by atoms with Crippen molar-refractivity contribution in [3.63, 3.8) is 0 Å². The number of pyridine rings is 1. The van der Waals surface area contributed by atoms with E-state index in [0.717, 1.165) is 0 Å². The van der Waals surface area contributed by atoms with Gasteiger partial charge in [0.1, 0.15) is 10.7 Å². The average Bonchev–Trinajstić information content (AvgIpc) is 2.47. The highest BCUT2D eigenvalue weighted by molar-refractivity contribution is 7.89. The maximum atomic E-state index is 12.5. The molecule has 8 heteroatoms. The van der Waals surface area contributed by atoms with Crippen LogP contribution in [0.25, 0.3) is 0 Å². The summed E-state index contributed by atoms with van der Waals surface area (Å²) in [4.78, 5) is 4.14. The number of piperidine rings is 1. The number of hydrogen-bond acceptors (Lipinski definition) is 5. The van der Waals surface area contributed by atoms with Gasteiger partial charge in [0, 0.05) is 33.4 Å². The molecule has 112 valence electrons. The van der Waals surface area contributed by atoms with Gasteiger partial charge in [0.05, 0.1) is 11.1 Å². The molecule has 2 rings (SSSR count). The quantitative estimate of drug-likeness (QED) is 0.912. The lowest BCUT2D eigenvalue weighted by Crippen LogP contribution is -2.40. The molecule has 1 aromatic heterocycles. The smallest absolute Gasteiger partial charge is 0.244 e. The number of nitrogens with zero attached hydrogens (tertiary/aromatic N) is 2. The second-order valence-corrected chi connectivity index (χ2v) is 6.94. The van der Waals surface area contributed by atoms with Gasteiger partial charge in [0.15, 0.2) is 0 Å². The fourth-order valence-electron chi connectivity index (χ4n) is 2.20. The first-order valence-electron chi connectivity index (χ1n) is 6.35. The van der Waals surface area contributed by atoms with Crippen molar-refractivity contribution in [2.45, 2.75) is 23.8 Å². The van der Waals surface area contributed by atoms with Gasteiger partial charge in [-0.2, -0.15) is 4.31 Å². The molecule has 0 aromatic carbocycles. The second-order valence-electron chi connectivity index (χ2n) is 4.59. The Labute approximate surface area is 124 Å². The first kappa shape index (κ1) is 15.5. The monoisotopic (exact) mass is 319 g/mol. The van der Waals surface area contributed by atoms with Crippen LogP contribution in [-0.4, -0.2) is 51.1 Å². The van der Waals surface area contributed by atoms with Crippen molar-refractivity contribution in [2.24, 2.45) is 0 Å². The predicted molar refractivity (Wildman–Crippen MR) is 77.6 cm³/mol. The summed E-state index contributed by atoms with van der Waals surface area (Å²) in [5, 5.41) is 3.09. The van der Waals surface area contributed by atoms with Crippen molar-refractivity contribution >= 4 is 27.4 Å². The number of anilines is 1. The number of halogens is 1. The van der Waals surface area contributed by atoms with Crippen LogP contribution in [0.2, 0.25) is 5.02 Å². The van der Waals surface area contributed by atoms with E-state index >= 15 is 0 Å². The highest BCUT2D eigenvalue weighted by Crippen LogP contribution is 2.26. The van der Waals surface area contributed by atoms with Gasteiger partial charge in [-0.05, 0) is 18.9 Å². The number of sulfonamides is 1. The van der Waals surface area contributed by atoms with Crippen LogP contribution in [0, 0.1) is 0 Å². The summed E-state index contributed by atoms with van der Waals surface area (Å²) in [6.07, 6.45) is 2.86. The minimum absolute atomic E-state index is 0.123. The van der Waals surface area contributed by atoms with Crippen LogP contribution in [0.1, 0.15) is 12.8 Å². The number of methoxy groups -OCH3 is 1. The first-order valence-corrected chi connectivity index (χ1v) is 8.17. The molecule has 0 amide bonds. The molecule has 1 aliphatic heterocycles. The fraction of sp³-hybridized carbons (Fsp3) is 0.583. The van der Waals surface area contributed by atoms with E-state index in [2.05, 4.69) is 10.3 Å². The van der Waals surface area contributed by atoms with Crippen molar-refractivity contribution in [2.75, 3.05) is 32.6 Å². The van der Waals surface area contributed by atoms with Crippen molar-refractivity contribution < 1.29 is 13.2 Å². The Morgan fingerprint density at radius 1 is 1.45 bits per heavy atom. The minimum atomic E-state index is -3.54. The van der Waals surface area contributed by atoms with Crippen LogP contribution in [-0.2, 0) is 14.8 Å². The lowest BCUT2D eigenvalue weighted by Gasteiger charge is -2.30. The van der Waals surface area contributed by atoms with Gasteiger partial charge >= 0.3 is 0 Å². The third-order valence-electron chi connectivity index (χ3n) is 3.42. The van der Waals surface area contributed by atoms with E-state index in [1.165, 1.54) is 16.6 Å². The Balaban J connectivity index is 2.20. The van der Waals surface area contributed by atoms with Gasteiger partial charge < -0.3 is 10.1 Å². The molecule has 1 aliphatic rings. The molecule has 0 atom stereocenters. The largest absolute Gasteiger partial charge is 0.381 e. The molecule has 0 aliphatic carbocycles.